The molecule has 0 unspecified atom stereocenters. The molecule has 4 heterocycles. The molecular weight excluding hydrogens is 312 g/mol. The van der Waals surface area contributed by atoms with Crippen molar-refractivity contribution in [1.29, 1.82) is 0 Å². The molecule has 6 nitrogen and oxygen atoms in total. The first-order chi connectivity index (χ1) is 11.2. The Labute approximate surface area is 136 Å². The van der Waals surface area contributed by atoms with Gasteiger partial charge in [0.15, 0.2) is 0 Å². The van der Waals surface area contributed by atoms with E-state index in [1.54, 1.807) is 22.1 Å². The molecule has 1 aliphatic rings. The van der Waals surface area contributed by atoms with Crippen molar-refractivity contribution in [1.82, 2.24) is 19.1 Å². The molecule has 4 rings (SSSR count). The van der Waals surface area contributed by atoms with E-state index in [-0.39, 0.29) is 18.0 Å². The van der Waals surface area contributed by atoms with Crippen molar-refractivity contribution in [3.05, 3.63) is 34.2 Å². The number of likely N-dealkylation sites (tertiary alicyclic amines) is 1. The van der Waals surface area contributed by atoms with Crippen molar-refractivity contribution in [2.75, 3.05) is 13.1 Å². The van der Waals surface area contributed by atoms with Crippen molar-refractivity contribution in [3.63, 3.8) is 0 Å². The van der Waals surface area contributed by atoms with Crippen LogP contribution in [0.15, 0.2) is 28.6 Å². The minimum Gasteiger partial charge on any atom is -0.341 e. The summed E-state index contributed by atoms with van der Waals surface area (Å²) in [5, 5.41) is 7.22. The molecule has 0 saturated carbocycles. The predicted molar refractivity (Wildman–Crippen MR) is 89.9 cm³/mol. The first kappa shape index (κ1) is 14.4. The Balaban J connectivity index is 1.64. The van der Waals surface area contributed by atoms with Gasteiger partial charge in [-0.3, -0.25) is 14.0 Å². The normalized spacial score (nSPS) is 16.1. The van der Waals surface area contributed by atoms with Crippen LogP contribution in [0.4, 0.5) is 0 Å². The molecule has 3 aromatic rings. The molecule has 1 aliphatic heterocycles. The van der Waals surface area contributed by atoms with E-state index in [1.807, 2.05) is 22.4 Å². The Morgan fingerprint density at radius 3 is 2.78 bits per heavy atom. The van der Waals surface area contributed by atoms with E-state index >= 15 is 0 Å². The summed E-state index contributed by atoms with van der Waals surface area (Å²) in [4.78, 5) is 27.9. The lowest BCUT2D eigenvalue weighted by molar-refractivity contribution is -0.132. The number of carbonyl (C=O) groups is 1. The Morgan fingerprint density at radius 2 is 2.00 bits per heavy atom. The number of fused-ring (bicyclic) bond motifs is 3. The summed E-state index contributed by atoms with van der Waals surface area (Å²) in [5.41, 5.74) is 0.365. The Morgan fingerprint density at radius 1 is 1.22 bits per heavy atom. The van der Waals surface area contributed by atoms with Gasteiger partial charge in [-0.2, -0.15) is 5.10 Å². The molecule has 1 fully saturated rings. The van der Waals surface area contributed by atoms with Gasteiger partial charge >= 0.3 is 0 Å². The highest BCUT2D eigenvalue weighted by molar-refractivity contribution is 7.16. The molecule has 23 heavy (non-hydrogen) atoms. The summed E-state index contributed by atoms with van der Waals surface area (Å²) < 4.78 is 3.08. The third-order valence-electron chi connectivity index (χ3n) is 4.45. The summed E-state index contributed by atoms with van der Waals surface area (Å²) in [6, 6.07) is 3.85. The number of hydrogen-bond acceptors (Lipinski definition) is 4. The van der Waals surface area contributed by atoms with Crippen LogP contribution in [0, 0.1) is 0 Å². The number of carbonyl (C=O) groups excluding carboxylic acids is 1. The molecule has 1 saturated heterocycles. The second-order valence-corrected chi connectivity index (χ2v) is 6.86. The third-order valence-corrected chi connectivity index (χ3v) is 5.38. The largest absolute Gasteiger partial charge is 0.341 e. The van der Waals surface area contributed by atoms with Crippen LogP contribution in [0.2, 0.25) is 0 Å². The summed E-state index contributed by atoms with van der Waals surface area (Å²) in [5.74, 6) is -0.0146. The zero-order valence-corrected chi connectivity index (χ0v) is 13.6. The molecule has 0 N–H and O–H groups in total. The van der Waals surface area contributed by atoms with Crippen LogP contribution >= 0.6 is 11.3 Å². The van der Waals surface area contributed by atoms with E-state index in [0.29, 0.717) is 5.52 Å². The van der Waals surface area contributed by atoms with Gasteiger partial charge in [-0.15, -0.1) is 11.3 Å². The quantitative estimate of drug-likeness (QED) is 0.723. The summed E-state index contributed by atoms with van der Waals surface area (Å²) >= 11 is 1.58. The number of aromatic nitrogens is 3. The standard InChI is InChI=1S/C16H18N4O2S/c21-14(18-6-3-1-2-4-7-18)10-20-15(22)13-9-12-5-8-23-16(12)19(13)11-17-20/h5,8-9,11H,1-4,6-7,10H2. The van der Waals surface area contributed by atoms with Crippen molar-refractivity contribution in [3.8, 4) is 0 Å². The molecule has 0 bridgehead atoms. The summed E-state index contributed by atoms with van der Waals surface area (Å²) in [7, 11) is 0. The van der Waals surface area contributed by atoms with E-state index in [1.165, 1.54) is 17.5 Å². The second-order valence-electron chi connectivity index (χ2n) is 5.97. The number of nitrogens with zero attached hydrogens (tertiary/aromatic N) is 4. The van der Waals surface area contributed by atoms with Gasteiger partial charge < -0.3 is 4.90 Å². The average Bonchev–Trinajstić information content (AvgIpc) is 3.01. The van der Waals surface area contributed by atoms with Gasteiger partial charge in [0.1, 0.15) is 23.2 Å². The molecule has 0 atom stereocenters. The summed E-state index contributed by atoms with van der Waals surface area (Å²) in [6.07, 6.45) is 6.07. The fourth-order valence-corrected chi connectivity index (χ4v) is 4.05. The maximum Gasteiger partial charge on any atom is 0.291 e. The topological polar surface area (TPSA) is 59.6 Å². The molecular formula is C16H18N4O2S. The fourth-order valence-electron chi connectivity index (χ4n) is 3.18. The molecule has 0 aromatic carbocycles. The van der Waals surface area contributed by atoms with Gasteiger partial charge in [-0.1, -0.05) is 12.8 Å². The first-order valence-electron chi connectivity index (χ1n) is 7.96. The monoisotopic (exact) mass is 330 g/mol. The van der Waals surface area contributed by atoms with E-state index in [2.05, 4.69) is 5.10 Å². The van der Waals surface area contributed by atoms with Crippen LogP contribution in [0.5, 0.6) is 0 Å². The van der Waals surface area contributed by atoms with E-state index in [9.17, 15) is 9.59 Å². The SMILES string of the molecule is O=C(Cn1ncn2c(cc3ccsc32)c1=O)N1CCCCCC1. The Bertz CT molecular complexity index is 915. The van der Waals surface area contributed by atoms with Crippen LogP contribution in [0.3, 0.4) is 0 Å². The summed E-state index contributed by atoms with van der Waals surface area (Å²) in [6.45, 7) is 1.60. The molecule has 3 aromatic heterocycles. The lowest BCUT2D eigenvalue weighted by Gasteiger charge is -2.20. The molecule has 1 amide bonds. The number of thiophene rings is 1. The maximum atomic E-state index is 12.6. The van der Waals surface area contributed by atoms with Crippen LogP contribution < -0.4 is 5.56 Å². The van der Waals surface area contributed by atoms with Gasteiger partial charge in [-0.25, -0.2) is 4.68 Å². The second kappa shape index (κ2) is 5.81. The molecule has 7 heteroatoms. The van der Waals surface area contributed by atoms with Crippen molar-refractivity contribution in [2.45, 2.75) is 32.2 Å². The number of hydrogen-bond donors (Lipinski definition) is 0. The molecule has 0 radical (unpaired) electrons. The highest BCUT2D eigenvalue weighted by Gasteiger charge is 2.18. The Hall–Kier alpha value is -2.15. The molecule has 120 valence electrons. The van der Waals surface area contributed by atoms with Gasteiger partial charge in [0, 0.05) is 18.5 Å². The highest BCUT2D eigenvalue weighted by Crippen LogP contribution is 2.23. The van der Waals surface area contributed by atoms with Crippen LogP contribution in [-0.2, 0) is 11.3 Å². The smallest absolute Gasteiger partial charge is 0.291 e. The maximum absolute atomic E-state index is 12.6. The van der Waals surface area contributed by atoms with Crippen molar-refractivity contribution < 1.29 is 4.79 Å². The van der Waals surface area contributed by atoms with Gasteiger partial charge in [0.05, 0.1) is 0 Å². The van der Waals surface area contributed by atoms with E-state index in [0.717, 1.165) is 36.1 Å². The third kappa shape index (κ3) is 2.55. The molecule has 0 spiro atoms. The highest BCUT2D eigenvalue weighted by atomic mass is 32.1. The van der Waals surface area contributed by atoms with E-state index in [4.69, 9.17) is 0 Å². The predicted octanol–water partition coefficient (Wildman–Crippen LogP) is 2.11. The number of rotatable bonds is 2. The number of amides is 1. The van der Waals surface area contributed by atoms with E-state index < -0.39 is 0 Å². The van der Waals surface area contributed by atoms with Crippen LogP contribution in [-0.4, -0.2) is 38.1 Å². The molecule has 0 aliphatic carbocycles. The fraction of sp³-hybridized carbons (Fsp3) is 0.438. The minimum atomic E-state index is -0.209. The van der Waals surface area contributed by atoms with Crippen molar-refractivity contribution in [2.24, 2.45) is 0 Å². The van der Waals surface area contributed by atoms with Crippen LogP contribution in [0.25, 0.3) is 15.7 Å². The van der Waals surface area contributed by atoms with Gasteiger partial charge in [0.25, 0.3) is 5.56 Å². The van der Waals surface area contributed by atoms with Crippen molar-refractivity contribution >= 4 is 33.0 Å². The lowest BCUT2D eigenvalue weighted by Crippen LogP contribution is -2.38. The average molecular weight is 330 g/mol. The Kier molecular flexibility index (Phi) is 3.65. The lowest BCUT2D eigenvalue weighted by atomic mass is 10.2. The zero-order chi connectivity index (χ0) is 15.8. The zero-order valence-electron chi connectivity index (χ0n) is 12.8. The van der Waals surface area contributed by atoms with Gasteiger partial charge in [0.2, 0.25) is 5.91 Å². The van der Waals surface area contributed by atoms with Gasteiger partial charge in [-0.05, 0) is 30.4 Å². The minimum absolute atomic E-state index is 0.0146. The van der Waals surface area contributed by atoms with Crippen LogP contribution in [0.1, 0.15) is 25.7 Å². The first-order valence-corrected chi connectivity index (χ1v) is 8.84.